The molecule has 0 saturated heterocycles. The van der Waals surface area contributed by atoms with Gasteiger partial charge in [0, 0.05) is 50.3 Å². The van der Waals surface area contributed by atoms with Gasteiger partial charge in [0.05, 0.1) is 0 Å². The van der Waals surface area contributed by atoms with E-state index in [0.29, 0.717) is 19.6 Å². The van der Waals surface area contributed by atoms with Crippen molar-refractivity contribution >= 4 is 16.8 Å². The molecule has 4 nitrogen and oxygen atoms in total. The second-order valence-corrected chi connectivity index (χ2v) is 5.54. The summed E-state index contributed by atoms with van der Waals surface area (Å²) in [5, 5.41) is 4.24. The van der Waals surface area contributed by atoms with E-state index in [2.05, 4.69) is 47.4 Å². The van der Waals surface area contributed by atoms with Gasteiger partial charge in [-0.25, -0.2) is 0 Å². The third-order valence-electron chi connectivity index (χ3n) is 3.82. The number of aryl methyl sites for hydroxylation is 2. The van der Waals surface area contributed by atoms with E-state index in [0.717, 1.165) is 25.9 Å². The van der Waals surface area contributed by atoms with Crippen LogP contribution in [0.3, 0.4) is 0 Å². The SMILES string of the molecule is CCOCCCNC(=O)CCCc1cn(C)c2ccccc12. The maximum atomic E-state index is 11.8. The number of hydrogen-bond acceptors (Lipinski definition) is 2. The molecule has 1 N–H and O–H groups in total. The molecule has 0 saturated carbocycles. The Labute approximate surface area is 132 Å². The maximum Gasteiger partial charge on any atom is 0.220 e. The van der Waals surface area contributed by atoms with Gasteiger partial charge in [-0.3, -0.25) is 4.79 Å². The minimum Gasteiger partial charge on any atom is -0.382 e. The minimum atomic E-state index is 0.136. The van der Waals surface area contributed by atoms with Crippen LogP contribution in [0.2, 0.25) is 0 Å². The van der Waals surface area contributed by atoms with Crippen molar-refractivity contribution in [3.8, 4) is 0 Å². The van der Waals surface area contributed by atoms with Gasteiger partial charge in [0.25, 0.3) is 0 Å². The Balaban J connectivity index is 1.72. The van der Waals surface area contributed by atoms with Crippen molar-refractivity contribution in [3.05, 3.63) is 36.0 Å². The van der Waals surface area contributed by atoms with Crippen molar-refractivity contribution in [2.75, 3.05) is 19.8 Å². The molecule has 1 aromatic carbocycles. The van der Waals surface area contributed by atoms with Gasteiger partial charge in [-0.2, -0.15) is 0 Å². The number of amides is 1. The number of fused-ring (bicyclic) bond motifs is 1. The lowest BCUT2D eigenvalue weighted by atomic mass is 10.1. The Morgan fingerprint density at radius 1 is 1.27 bits per heavy atom. The lowest BCUT2D eigenvalue weighted by Crippen LogP contribution is -2.25. The summed E-state index contributed by atoms with van der Waals surface area (Å²) in [6.07, 6.45) is 5.45. The van der Waals surface area contributed by atoms with Gasteiger partial charge in [0.2, 0.25) is 5.91 Å². The molecular formula is C18H26N2O2. The van der Waals surface area contributed by atoms with Crippen LogP contribution in [-0.4, -0.2) is 30.2 Å². The predicted octanol–water partition coefficient (Wildman–Crippen LogP) is 3.04. The molecule has 0 aliphatic rings. The highest BCUT2D eigenvalue weighted by Crippen LogP contribution is 2.21. The Morgan fingerprint density at radius 2 is 2.09 bits per heavy atom. The van der Waals surface area contributed by atoms with Gasteiger partial charge in [-0.05, 0) is 37.8 Å². The first-order valence-electron chi connectivity index (χ1n) is 8.09. The van der Waals surface area contributed by atoms with Crippen molar-refractivity contribution in [1.29, 1.82) is 0 Å². The summed E-state index contributed by atoms with van der Waals surface area (Å²) >= 11 is 0. The lowest BCUT2D eigenvalue weighted by molar-refractivity contribution is -0.121. The van der Waals surface area contributed by atoms with Gasteiger partial charge >= 0.3 is 0 Å². The number of nitrogens with one attached hydrogen (secondary N) is 1. The van der Waals surface area contributed by atoms with E-state index in [1.165, 1.54) is 16.5 Å². The summed E-state index contributed by atoms with van der Waals surface area (Å²) in [5.74, 6) is 0.136. The molecule has 120 valence electrons. The average molecular weight is 302 g/mol. The molecule has 0 atom stereocenters. The third kappa shape index (κ3) is 4.60. The van der Waals surface area contributed by atoms with Gasteiger partial charge in [-0.1, -0.05) is 18.2 Å². The van der Waals surface area contributed by atoms with Gasteiger partial charge in [0.15, 0.2) is 0 Å². The third-order valence-corrected chi connectivity index (χ3v) is 3.82. The number of para-hydroxylation sites is 1. The fourth-order valence-corrected chi connectivity index (χ4v) is 2.70. The monoisotopic (exact) mass is 302 g/mol. The molecule has 0 radical (unpaired) electrons. The van der Waals surface area contributed by atoms with E-state index in [-0.39, 0.29) is 5.91 Å². The Morgan fingerprint density at radius 3 is 2.91 bits per heavy atom. The molecule has 0 unspecified atom stereocenters. The molecule has 2 rings (SSSR count). The van der Waals surface area contributed by atoms with E-state index in [1.807, 2.05) is 6.92 Å². The molecular weight excluding hydrogens is 276 g/mol. The highest BCUT2D eigenvalue weighted by atomic mass is 16.5. The highest BCUT2D eigenvalue weighted by Gasteiger charge is 2.07. The van der Waals surface area contributed by atoms with Crippen LogP contribution in [0.4, 0.5) is 0 Å². The van der Waals surface area contributed by atoms with Gasteiger partial charge < -0.3 is 14.6 Å². The smallest absolute Gasteiger partial charge is 0.220 e. The van der Waals surface area contributed by atoms with Crippen LogP contribution in [0.15, 0.2) is 30.5 Å². The van der Waals surface area contributed by atoms with E-state index in [9.17, 15) is 4.79 Å². The van der Waals surface area contributed by atoms with Crippen molar-refractivity contribution in [1.82, 2.24) is 9.88 Å². The lowest BCUT2D eigenvalue weighted by Gasteiger charge is -2.05. The first kappa shape index (κ1) is 16.6. The summed E-state index contributed by atoms with van der Waals surface area (Å²) in [5.41, 5.74) is 2.57. The summed E-state index contributed by atoms with van der Waals surface area (Å²) in [6, 6.07) is 8.40. The van der Waals surface area contributed by atoms with E-state index < -0.39 is 0 Å². The van der Waals surface area contributed by atoms with Crippen LogP contribution in [0.5, 0.6) is 0 Å². The van der Waals surface area contributed by atoms with Crippen LogP contribution < -0.4 is 5.32 Å². The molecule has 2 aromatic rings. The zero-order chi connectivity index (χ0) is 15.8. The molecule has 1 amide bonds. The number of rotatable bonds is 9. The molecule has 0 bridgehead atoms. The van der Waals surface area contributed by atoms with Crippen LogP contribution in [0, 0.1) is 0 Å². The molecule has 0 aliphatic carbocycles. The largest absolute Gasteiger partial charge is 0.382 e. The fraction of sp³-hybridized carbons (Fsp3) is 0.500. The van der Waals surface area contributed by atoms with Crippen molar-refractivity contribution in [2.45, 2.75) is 32.6 Å². The number of carbonyl (C=O) groups excluding carboxylic acids is 1. The first-order chi connectivity index (χ1) is 10.7. The van der Waals surface area contributed by atoms with E-state index in [1.54, 1.807) is 0 Å². The van der Waals surface area contributed by atoms with Crippen molar-refractivity contribution in [3.63, 3.8) is 0 Å². The average Bonchev–Trinajstić information content (AvgIpc) is 2.84. The van der Waals surface area contributed by atoms with Crippen molar-refractivity contribution < 1.29 is 9.53 Å². The zero-order valence-electron chi connectivity index (χ0n) is 13.6. The number of benzene rings is 1. The van der Waals surface area contributed by atoms with Crippen molar-refractivity contribution in [2.24, 2.45) is 7.05 Å². The Kier molecular flexibility index (Phi) is 6.46. The minimum absolute atomic E-state index is 0.136. The molecule has 0 spiro atoms. The molecule has 22 heavy (non-hydrogen) atoms. The number of nitrogens with zero attached hydrogens (tertiary/aromatic N) is 1. The number of hydrogen-bond donors (Lipinski definition) is 1. The van der Waals surface area contributed by atoms with Crippen LogP contribution in [-0.2, 0) is 23.0 Å². The summed E-state index contributed by atoms with van der Waals surface area (Å²) in [7, 11) is 2.07. The number of carbonyl (C=O) groups is 1. The normalized spacial score (nSPS) is 11.0. The topological polar surface area (TPSA) is 43.3 Å². The Bertz CT molecular complexity index is 604. The molecule has 0 fully saturated rings. The Hall–Kier alpha value is -1.81. The second kappa shape index (κ2) is 8.59. The van der Waals surface area contributed by atoms with Crippen LogP contribution >= 0.6 is 0 Å². The van der Waals surface area contributed by atoms with Crippen LogP contribution in [0.25, 0.3) is 10.9 Å². The van der Waals surface area contributed by atoms with E-state index >= 15 is 0 Å². The van der Waals surface area contributed by atoms with Gasteiger partial charge in [0.1, 0.15) is 0 Å². The van der Waals surface area contributed by atoms with E-state index in [4.69, 9.17) is 4.74 Å². The van der Waals surface area contributed by atoms with Crippen LogP contribution in [0.1, 0.15) is 31.7 Å². The zero-order valence-corrected chi connectivity index (χ0v) is 13.6. The summed E-state index contributed by atoms with van der Waals surface area (Å²) in [6.45, 7) is 4.13. The number of ether oxygens (including phenoxy) is 1. The molecule has 1 aromatic heterocycles. The fourth-order valence-electron chi connectivity index (χ4n) is 2.70. The van der Waals surface area contributed by atoms with Gasteiger partial charge in [-0.15, -0.1) is 0 Å². The molecule has 0 aliphatic heterocycles. The summed E-state index contributed by atoms with van der Waals surface area (Å²) < 4.78 is 7.40. The highest BCUT2D eigenvalue weighted by molar-refractivity contribution is 5.84. The second-order valence-electron chi connectivity index (χ2n) is 5.54. The molecule has 1 heterocycles. The first-order valence-corrected chi connectivity index (χ1v) is 8.09. The standard InChI is InChI=1S/C18H26N2O2/c1-3-22-13-7-12-19-18(21)11-6-8-15-14-20(2)17-10-5-4-9-16(15)17/h4-5,9-10,14H,3,6-8,11-13H2,1-2H3,(H,19,21). The number of aromatic nitrogens is 1. The quantitative estimate of drug-likeness (QED) is 0.724. The molecule has 4 heteroatoms. The maximum absolute atomic E-state index is 11.8. The predicted molar refractivity (Wildman–Crippen MR) is 90.0 cm³/mol. The summed E-state index contributed by atoms with van der Waals surface area (Å²) in [4.78, 5) is 11.8.